The van der Waals surface area contributed by atoms with Crippen LogP contribution in [-0.4, -0.2) is 48.2 Å². The number of urea groups is 1. The lowest BCUT2D eigenvalue weighted by atomic mass is 10.1. The standard InChI is InChI=1S/C14H22N4O3S/c1-3-12-16-11(9-22-12)7-15-13(19)17-10-5-4-6-18(8-10)14(20)21-2/h9-10H,3-8H2,1-2H3,(H2,15,17,19)/t10-/m0/s1. The smallest absolute Gasteiger partial charge is 0.409 e. The van der Waals surface area contributed by atoms with Crippen LogP contribution < -0.4 is 10.6 Å². The molecule has 2 rings (SSSR count). The molecule has 7 nitrogen and oxygen atoms in total. The van der Waals surface area contributed by atoms with Crippen molar-refractivity contribution in [3.8, 4) is 0 Å². The van der Waals surface area contributed by atoms with Crippen molar-refractivity contribution in [1.29, 1.82) is 0 Å². The second kappa shape index (κ2) is 7.98. The maximum atomic E-state index is 11.9. The fraction of sp³-hybridized carbons (Fsp3) is 0.643. The minimum absolute atomic E-state index is 0.0468. The van der Waals surface area contributed by atoms with Gasteiger partial charge in [0.15, 0.2) is 0 Å². The van der Waals surface area contributed by atoms with Crippen molar-refractivity contribution in [2.75, 3.05) is 20.2 Å². The van der Waals surface area contributed by atoms with E-state index in [9.17, 15) is 9.59 Å². The number of ether oxygens (including phenoxy) is 1. The van der Waals surface area contributed by atoms with Crippen LogP contribution in [0.5, 0.6) is 0 Å². The second-order valence-corrected chi connectivity index (χ2v) is 6.11. The van der Waals surface area contributed by atoms with E-state index in [0.717, 1.165) is 30.0 Å². The highest BCUT2D eigenvalue weighted by Gasteiger charge is 2.25. The van der Waals surface area contributed by atoms with Crippen molar-refractivity contribution in [1.82, 2.24) is 20.5 Å². The lowest BCUT2D eigenvalue weighted by molar-refractivity contribution is 0.108. The number of nitrogens with one attached hydrogen (secondary N) is 2. The Morgan fingerprint density at radius 3 is 3.05 bits per heavy atom. The Bertz CT molecular complexity index is 520. The van der Waals surface area contributed by atoms with Gasteiger partial charge in [0.1, 0.15) is 0 Å². The zero-order valence-corrected chi connectivity index (χ0v) is 13.7. The molecular weight excluding hydrogens is 304 g/mol. The molecule has 1 aromatic rings. The van der Waals surface area contributed by atoms with Gasteiger partial charge in [0.05, 0.1) is 24.4 Å². The number of thiazole rings is 1. The van der Waals surface area contributed by atoms with Gasteiger partial charge < -0.3 is 20.3 Å². The summed E-state index contributed by atoms with van der Waals surface area (Å²) in [5.41, 5.74) is 0.872. The largest absolute Gasteiger partial charge is 0.453 e. The van der Waals surface area contributed by atoms with E-state index in [2.05, 4.69) is 22.5 Å². The fourth-order valence-electron chi connectivity index (χ4n) is 2.39. The van der Waals surface area contributed by atoms with E-state index in [1.165, 1.54) is 7.11 Å². The van der Waals surface area contributed by atoms with Gasteiger partial charge in [0, 0.05) is 24.5 Å². The van der Waals surface area contributed by atoms with Crippen LogP contribution in [0.3, 0.4) is 0 Å². The summed E-state index contributed by atoms with van der Waals surface area (Å²) < 4.78 is 4.71. The molecule has 0 aromatic carbocycles. The van der Waals surface area contributed by atoms with Crippen LogP contribution in [0.1, 0.15) is 30.5 Å². The maximum Gasteiger partial charge on any atom is 0.409 e. The zero-order valence-electron chi connectivity index (χ0n) is 12.9. The highest BCUT2D eigenvalue weighted by molar-refractivity contribution is 7.09. The molecular formula is C14H22N4O3S. The van der Waals surface area contributed by atoms with E-state index in [4.69, 9.17) is 4.74 Å². The summed E-state index contributed by atoms with van der Waals surface area (Å²) in [6.07, 6.45) is 2.27. The van der Waals surface area contributed by atoms with E-state index in [1.54, 1.807) is 16.2 Å². The third-order valence-corrected chi connectivity index (χ3v) is 4.56. The van der Waals surface area contributed by atoms with E-state index in [1.807, 2.05) is 5.38 Å². The molecule has 0 aliphatic carbocycles. The minimum Gasteiger partial charge on any atom is -0.453 e. The highest BCUT2D eigenvalue weighted by atomic mass is 32.1. The van der Waals surface area contributed by atoms with Crippen molar-refractivity contribution in [2.45, 2.75) is 38.8 Å². The quantitative estimate of drug-likeness (QED) is 0.883. The molecule has 0 saturated carbocycles. The van der Waals surface area contributed by atoms with E-state index < -0.39 is 0 Å². The first-order valence-electron chi connectivity index (χ1n) is 7.43. The number of aryl methyl sites for hydroxylation is 1. The number of carbonyl (C=O) groups is 2. The Morgan fingerprint density at radius 2 is 2.36 bits per heavy atom. The Balaban J connectivity index is 1.75. The highest BCUT2D eigenvalue weighted by Crippen LogP contribution is 2.11. The average Bonchev–Trinajstić information content (AvgIpc) is 3.00. The predicted octanol–water partition coefficient (Wildman–Crippen LogP) is 1.74. The van der Waals surface area contributed by atoms with Crippen LogP contribution in [0.4, 0.5) is 9.59 Å². The lowest BCUT2D eigenvalue weighted by Crippen LogP contribution is -2.51. The molecule has 2 heterocycles. The molecule has 0 radical (unpaired) electrons. The number of likely N-dealkylation sites (tertiary alicyclic amines) is 1. The number of hydrogen-bond acceptors (Lipinski definition) is 5. The minimum atomic E-state index is -0.346. The number of rotatable bonds is 4. The van der Waals surface area contributed by atoms with Crippen LogP contribution in [0.25, 0.3) is 0 Å². The molecule has 0 spiro atoms. The van der Waals surface area contributed by atoms with Gasteiger partial charge >= 0.3 is 12.1 Å². The van der Waals surface area contributed by atoms with Gasteiger partial charge in [-0.1, -0.05) is 6.92 Å². The summed E-state index contributed by atoms with van der Waals surface area (Å²) >= 11 is 1.60. The molecule has 8 heteroatoms. The zero-order chi connectivity index (χ0) is 15.9. The summed E-state index contributed by atoms with van der Waals surface area (Å²) in [6.45, 7) is 3.62. The maximum absolute atomic E-state index is 11.9. The van der Waals surface area contributed by atoms with Gasteiger partial charge in [0.2, 0.25) is 0 Å². The van der Waals surface area contributed by atoms with Crippen LogP contribution in [0, 0.1) is 0 Å². The average molecular weight is 326 g/mol. The van der Waals surface area contributed by atoms with Gasteiger partial charge in [-0.05, 0) is 19.3 Å². The Hall–Kier alpha value is -1.83. The summed E-state index contributed by atoms with van der Waals surface area (Å²) in [6, 6.07) is -0.280. The van der Waals surface area contributed by atoms with Gasteiger partial charge in [-0.15, -0.1) is 11.3 Å². The van der Waals surface area contributed by atoms with Crippen LogP contribution in [0.15, 0.2) is 5.38 Å². The summed E-state index contributed by atoms with van der Waals surface area (Å²) in [4.78, 5) is 29.4. The predicted molar refractivity (Wildman–Crippen MR) is 83.9 cm³/mol. The fourth-order valence-corrected chi connectivity index (χ4v) is 3.13. The number of aromatic nitrogens is 1. The Morgan fingerprint density at radius 1 is 1.55 bits per heavy atom. The van der Waals surface area contributed by atoms with Gasteiger partial charge in [-0.3, -0.25) is 0 Å². The van der Waals surface area contributed by atoms with Gasteiger partial charge in [-0.2, -0.15) is 0 Å². The summed E-state index contributed by atoms with van der Waals surface area (Å²) in [5, 5.41) is 8.72. The van der Waals surface area contributed by atoms with Crippen molar-refractivity contribution in [3.05, 3.63) is 16.1 Å². The molecule has 1 fully saturated rings. The number of amides is 3. The normalized spacial score (nSPS) is 17.9. The first-order chi connectivity index (χ1) is 10.6. The third-order valence-electron chi connectivity index (χ3n) is 3.52. The summed E-state index contributed by atoms with van der Waals surface area (Å²) in [7, 11) is 1.37. The summed E-state index contributed by atoms with van der Waals surface area (Å²) in [5.74, 6) is 0. The molecule has 22 heavy (non-hydrogen) atoms. The number of piperidine rings is 1. The molecule has 0 bridgehead atoms. The SMILES string of the molecule is CCc1nc(CNC(=O)N[C@H]2CCCN(C(=O)OC)C2)cs1. The molecule has 1 atom stereocenters. The van der Waals surface area contributed by atoms with E-state index >= 15 is 0 Å². The van der Waals surface area contributed by atoms with Crippen LogP contribution in [0.2, 0.25) is 0 Å². The topological polar surface area (TPSA) is 83.6 Å². The van der Waals surface area contributed by atoms with Crippen molar-refractivity contribution in [3.63, 3.8) is 0 Å². The van der Waals surface area contributed by atoms with Crippen molar-refractivity contribution in [2.24, 2.45) is 0 Å². The molecule has 1 aliphatic heterocycles. The van der Waals surface area contributed by atoms with E-state index in [0.29, 0.717) is 19.6 Å². The van der Waals surface area contributed by atoms with Gasteiger partial charge in [-0.25, -0.2) is 14.6 Å². The molecule has 0 unspecified atom stereocenters. The molecule has 1 aliphatic rings. The van der Waals surface area contributed by atoms with Gasteiger partial charge in [0.25, 0.3) is 0 Å². The number of carbonyl (C=O) groups excluding carboxylic acids is 2. The number of hydrogen-bond donors (Lipinski definition) is 2. The van der Waals surface area contributed by atoms with Crippen LogP contribution in [-0.2, 0) is 17.7 Å². The lowest BCUT2D eigenvalue weighted by Gasteiger charge is -2.32. The van der Waals surface area contributed by atoms with E-state index in [-0.39, 0.29) is 18.2 Å². The first kappa shape index (κ1) is 16.5. The first-order valence-corrected chi connectivity index (χ1v) is 8.30. The van der Waals surface area contributed by atoms with Crippen molar-refractivity contribution >= 4 is 23.5 Å². The Labute approximate surface area is 134 Å². The second-order valence-electron chi connectivity index (χ2n) is 5.17. The number of nitrogens with zero attached hydrogens (tertiary/aromatic N) is 2. The third kappa shape index (κ3) is 4.59. The monoisotopic (exact) mass is 326 g/mol. The molecule has 122 valence electrons. The van der Waals surface area contributed by atoms with Crippen LogP contribution >= 0.6 is 11.3 Å². The molecule has 1 saturated heterocycles. The molecule has 2 N–H and O–H groups in total. The molecule has 3 amide bonds. The van der Waals surface area contributed by atoms with Crippen molar-refractivity contribution < 1.29 is 14.3 Å². The molecule has 1 aromatic heterocycles. The Kier molecular flexibility index (Phi) is 6.00. The number of methoxy groups -OCH3 is 1.